The molecule has 1 saturated carbocycles. The van der Waals surface area contributed by atoms with E-state index in [0.29, 0.717) is 18.4 Å². The molecule has 0 radical (unpaired) electrons. The van der Waals surface area contributed by atoms with Gasteiger partial charge in [0.05, 0.1) is 32.5 Å². The Hall–Kier alpha value is -4.16. The minimum atomic E-state index is -1.39. The molecule has 8 rings (SSSR count). The van der Waals surface area contributed by atoms with Gasteiger partial charge in [-0.05, 0) is 85.5 Å². The largest absolute Gasteiger partial charge is 0.497 e. The molecule has 1 aromatic heterocycles. The standard InChI is InChI=1S/C44H53N4O8P/c1-29(2)41(49)45-39-24-26-47(42(50)46-39)40-27-36(55-57-48-25-10-15-38(48)43(3,56-57)30-13-9-14-30)37(54-40)28-53-44(31-11-7-6-8-12-31,32-16-20-34(51-4)21-17-32)33-18-22-35(52-5)23-19-33/h6-8,11-12,16-24,26,29-30,36-38,40H,9-10,13-15,25,27-28H2,1-5H3,(H,45,46,49,50)/t36-,37+,38-,40+,43+,57-/m0/s1. The van der Waals surface area contributed by atoms with E-state index in [0.717, 1.165) is 47.6 Å². The molecule has 4 heterocycles. The van der Waals surface area contributed by atoms with E-state index in [1.54, 1.807) is 40.3 Å². The monoisotopic (exact) mass is 796 g/mol. The molecule has 12 nitrogen and oxygen atoms in total. The summed E-state index contributed by atoms with van der Waals surface area (Å²) in [5.74, 6) is 1.70. The fourth-order valence-electron chi connectivity index (χ4n) is 8.72. The lowest BCUT2D eigenvalue weighted by Gasteiger charge is -2.42. The summed E-state index contributed by atoms with van der Waals surface area (Å²) in [6.45, 7) is 6.90. The van der Waals surface area contributed by atoms with Gasteiger partial charge in [0.25, 0.3) is 8.53 Å². The maximum Gasteiger partial charge on any atom is 0.351 e. The SMILES string of the molecule is COc1ccc(C(OC[C@H]2O[C@@H](n3ccc(NC(=O)C(C)C)nc3=O)C[C@@H]2O[P@@]2O[C@](C)(C3CCC3)[C@@H]3CCCN32)(c2ccccc2)c2ccc(OC)cc2)cc1. The third kappa shape index (κ3) is 7.64. The van der Waals surface area contributed by atoms with Gasteiger partial charge in [0.2, 0.25) is 5.91 Å². The molecule has 3 saturated heterocycles. The molecule has 6 atom stereocenters. The van der Waals surface area contributed by atoms with Crippen LogP contribution in [0.1, 0.15) is 82.2 Å². The van der Waals surface area contributed by atoms with Crippen LogP contribution in [-0.4, -0.2) is 71.4 Å². The Labute approximate surface area is 335 Å². The quantitative estimate of drug-likeness (QED) is 0.0999. The highest BCUT2D eigenvalue weighted by molar-refractivity contribution is 7.45. The molecule has 4 aliphatic rings. The van der Waals surface area contributed by atoms with Crippen molar-refractivity contribution in [3.05, 3.63) is 118 Å². The summed E-state index contributed by atoms with van der Waals surface area (Å²) in [5.41, 5.74) is 0.839. The smallest absolute Gasteiger partial charge is 0.351 e. The van der Waals surface area contributed by atoms with Crippen LogP contribution in [0.2, 0.25) is 0 Å². The van der Waals surface area contributed by atoms with Crippen LogP contribution in [0.3, 0.4) is 0 Å². The van der Waals surface area contributed by atoms with Crippen LogP contribution in [0, 0.1) is 11.8 Å². The van der Waals surface area contributed by atoms with Crippen molar-refractivity contribution in [2.75, 3.05) is 32.7 Å². The lowest BCUT2D eigenvalue weighted by Crippen LogP contribution is -2.48. The van der Waals surface area contributed by atoms with Crippen LogP contribution in [-0.2, 0) is 28.9 Å². The Kier molecular flexibility index (Phi) is 11.5. The number of rotatable bonds is 14. The lowest BCUT2D eigenvalue weighted by atomic mass is 9.70. The first kappa shape index (κ1) is 39.7. The van der Waals surface area contributed by atoms with Crippen LogP contribution >= 0.6 is 8.53 Å². The summed E-state index contributed by atoms with van der Waals surface area (Å²) >= 11 is 0. The van der Waals surface area contributed by atoms with E-state index in [9.17, 15) is 9.59 Å². The molecular weight excluding hydrogens is 743 g/mol. The number of hydrogen-bond donors (Lipinski definition) is 1. The lowest BCUT2D eigenvalue weighted by molar-refractivity contribution is -0.118. The molecule has 57 heavy (non-hydrogen) atoms. The van der Waals surface area contributed by atoms with Gasteiger partial charge in [-0.25, -0.2) is 9.46 Å². The van der Waals surface area contributed by atoms with Gasteiger partial charge in [-0.2, -0.15) is 4.98 Å². The van der Waals surface area contributed by atoms with Gasteiger partial charge in [0, 0.05) is 31.1 Å². The van der Waals surface area contributed by atoms with Crippen molar-refractivity contribution in [1.82, 2.24) is 14.2 Å². The van der Waals surface area contributed by atoms with E-state index in [1.165, 1.54) is 23.8 Å². The molecule has 3 aliphatic heterocycles. The van der Waals surface area contributed by atoms with Crippen LogP contribution in [0.5, 0.6) is 11.5 Å². The molecule has 1 N–H and O–H groups in total. The zero-order valence-electron chi connectivity index (χ0n) is 33.3. The first-order valence-corrected chi connectivity index (χ1v) is 21.2. The highest BCUT2D eigenvalue weighted by Crippen LogP contribution is 2.64. The van der Waals surface area contributed by atoms with E-state index < -0.39 is 38.3 Å². The first-order chi connectivity index (χ1) is 27.6. The second-order valence-electron chi connectivity index (χ2n) is 15.9. The maximum absolute atomic E-state index is 13.6. The van der Waals surface area contributed by atoms with Crippen molar-refractivity contribution in [3.8, 4) is 11.5 Å². The number of amides is 1. The molecule has 0 spiro atoms. The number of anilines is 1. The van der Waals surface area contributed by atoms with Crippen LogP contribution in [0.25, 0.3) is 0 Å². The maximum atomic E-state index is 13.6. The van der Waals surface area contributed by atoms with Crippen LogP contribution in [0.4, 0.5) is 5.82 Å². The number of fused-ring (bicyclic) bond motifs is 1. The Morgan fingerprint density at radius 3 is 2.16 bits per heavy atom. The summed E-state index contributed by atoms with van der Waals surface area (Å²) in [7, 11) is 1.91. The number of hydrogen-bond acceptors (Lipinski definition) is 10. The molecule has 0 bridgehead atoms. The Morgan fingerprint density at radius 2 is 1.58 bits per heavy atom. The average Bonchev–Trinajstić information content (AvgIpc) is 3.92. The van der Waals surface area contributed by atoms with E-state index in [2.05, 4.69) is 34.0 Å². The summed E-state index contributed by atoms with van der Waals surface area (Å²) in [5, 5.41) is 2.73. The number of carbonyl (C=O) groups is 1. The zero-order chi connectivity index (χ0) is 39.7. The number of nitrogens with zero attached hydrogens (tertiary/aromatic N) is 3. The van der Waals surface area contributed by atoms with Crippen molar-refractivity contribution in [2.24, 2.45) is 11.8 Å². The second kappa shape index (κ2) is 16.6. The minimum absolute atomic E-state index is 0.116. The van der Waals surface area contributed by atoms with Crippen molar-refractivity contribution < 1.29 is 32.8 Å². The van der Waals surface area contributed by atoms with Gasteiger partial charge in [0.1, 0.15) is 35.2 Å². The van der Waals surface area contributed by atoms with Crippen molar-refractivity contribution >= 4 is 20.3 Å². The number of carbonyl (C=O) groups excluding carboxylic acids is 1. The number of benzene rings is 3. The second-order valence-corrected chi connectivity index (χ2v) is 17.3. The molecule has 3 aromatic carbocycles. The summed E-state index contributed by atoms with van der Waals surface area (Å²) < 4.78 is 43.2. The van der Waals surface area contributed by atoms with Crippen molar-refractivity contribution in [2.45, 2.75) is 95.0 Å². The highest BCUT2D eigenvalue weighted by Gasteiger charge is 2.59. The van der Waals surface area contributed by atoms with Gasteiger partial charge < -0.3 is 33.3 Å². The molecule has 4 aromatic rings. The Bertz CT molecular complexity index is 2010. The molecule has 302 valence electrons. The topological polar surface area (TPSA) is 123 Å². The minimum Gasteiger partial charge on any atom is -0.497 e. The Balaban J connectivity index is 1.15. The average molecular weight is 797 g/mol. The normalized spacial score (nSPS) is 26.3. The van der Waals surface area contributed by atoms with Crippen molar-refractivity contribution in [3.63, 3.8) is 0 Å². The molecule has 1 aliphatic carbocycles. The Morgan fingerprint density at radius 1 is 0.930 bits per heavy atom. The van der Waals surface area contributed by atoms with E-state index in [-0.39, 0.29) is 29.9 Å². The zero-order valence-corrected chi connectivity index (χ0v) is 34.2. The third-order valence-corrected chi connectivity index (χ3v) is 14.1. The van der Waals surface area contributed by atoms with Crippen LogP contribution < -0.4 is 20.5 Å². The molecular formula is C44H53N4O8P. The van der Waals surface area contributed by atoms with Gasteiger partial charge in [-0.15, -0.1) is 0 Å². The van der Waals surface area contributed by atoms with Crippen molar-refractivity contribution in [1.29, 1.82) is 0 Å². The van der Waals surface area contributed by atoms with E-state index >= 15 is 0 Å². The fraction of sp³-hybridized carbons (Fsp3) is 0.477. The predicted molar refractivity (Wildman–Crippen MR) is 217 cm³/mol. The molecule has 0 unspecified atom stereocenters. The highest BCUT2D eigenvalue weighted by atomic mass is 31.2. The summed E-state index contributed by atoms with van der Waals surface area (Å²) in [4.78, 5) is 30.1. The van der Waals surface area contributed by atoms with Gasteiger partial charge in [0.15, 0.2) is 0 Å². The number of methoxy groups -OCH3 is 2. The molecule has 1 amide bonds. The number of aromatic nitrogens is 2. The number of nitrogens with one attached hydrogen (secondary N) is 1. The summed E-state index contributed by atoms with van der Waals surface area (Å²) in [6, 6.07) is 27.9. The first-order valence-electron chi connectivity index (χ1n) is 20.1. The van der Waals surface area contributed by atoms with Gasteiger partial charge in [-0.1, -0.05) is 74.9 Å². The third-order valence-electron chi connectivity index (χ3n) is 12.2. The fourth-order valence-corrected chi connectivity index (χ4v) is 10.9. The number of ether oxygens (including phenoxy) is 4. The van der Waals surface area contributed by atoms with Gasteiger partial charge >= 0.3 is 5.69 Å². The van der Waals surface area contributed by atoms with E-state index in [4.69, 9.17) is 28.0 Å². The summed E-state index contributed by atoms with van der Waals surface area (Å²) in [6.07, 6.45) is 6.03. The van der Waals surface area contributed by atoms with Gasteiger partial charge in [-0.3, -0.25) is 9.36 Å². The molecule has 13 heteroatoms. The van der Waals surface area contributed by atoms with E-state index in [1.807, 2.05) is 66.7 Å². The predicted octanol–water partition coefficient (Wildman–Crippen LogP) is 7.82. The molecule has 4 fully saturated rings. The van der Waals surface area contributed by atoms with Crippen LogP contribution in [0.15, 0.2) is 95.9 Å².